The minimum atomic E-state index is -0.142. The van der Waals surface area contributed by atoms with Crippen molar-refractivity contribution in [3.05, 3.63) is 214 Å². The second-order valence-electron chi connectivity index (χ2n) is 16.0. The highest BCUT2D eigenvalue weighted by Crippen LogP contribution is 2.55. The van der Waals surface area contributed by atoms with Crippen molar-refractivity contribution in [1.82, 2.24) is 0 Å². The van der Waals surface area contributed by atoms with Crippen molar-refractivity contribution in [3.8, 4) is 28.3 Å². The fraction of sp³-hybridized carbons (Fsp3) is 0.148. The Hall–Kier alpha value is -6.56. The molecule has 2 heteroatoms. The molecular formula is C54H42N2. The van der Waals surface area contributed by atoms with Gasteiger partial charge in [0.2, 0.25) is 0 Å². The van der Waals surface area contributed by atoms with E-state index in [1.807, 2.05) is 36.4 Å². The van der Waals surface area contributed by atoms with Crippen molar-refractivity contribution in [2.75, 3.05) is 0 Å². The Balaban J connectivity index is 1.12. The molecule has 56 heavy (non-hydrogen) atoms. The smallest absolute Gasteiger partial charge is 0.102 e. The lowest BCUT2D eigenvalue weighted by Crippen LogP contribution is -2.16. The van der Waals surface area contributed by atoms with Gasteiger partial charge in [0.15, 0.2) is 0 Å². The standard InChI is InChI=1S/C54H42N2/c1-54(2)50-33-47-43(29-27-36-17-9-11-23-41(36)46(47)32-48(50)45-30-28-37-18-10-12-24-44(37)52(45)54)39-21-13-22-40(31-39)51-26-14-25-42(35-15-5-3-6-16-35)49(34-55)53(56-51)38-19-7-4-8-20-38/h3-13,15-25,28,30-33,43H,14,26-27,29H2,1-2H3/b42-25-,53-49-,56-51?. The number of fused-ring (bicyclic) bond motifs is 8. The van der Waals surface area contributed by atoms with Gasteiger partial charge in [0.1, 0.15) is 6.07 Å². The summed E-state index contributed by atoms with van der Waals surface area (Å²) in [4.78, 5) is 5.43. The lowest BCUT2D eigenvalue weighted by atomic mass is 9.77. The topological polar surface area (TPSA) is 36.1 Å². The van der Waals surface area contributed by atoms with Crippen molar-refractivity contribution < 1.29 is 0 Å². The molecular weight excluding hydrogens is 677 g/mol. The molecule has 268 valence electrons. The molecule has 0 aromatic heterocycles. The van der Waals surface area contributed by atoms with Gasteiger partial charge in [0.25, 0.3) is 0 Å². The maximum atomic E-state index is 10.7. The van der Waals surface area contributed by atoms with Crippen molar-refractivity contribution in [3.63, 3.8) is 0 Å². The molecule has 0 bridgehead atoms. The zero-order valence-electron chi connectivity index (χ0n) is 31.9. The summed E-state index contributed by atoms with van der Waals surface area (Å²) in [5.74, 6) is 0.205. The van der Waals surface area contributed by atoms with Crippen molar-refractivity contribution >= 4 is 27.8 Å². The van der Waals surface area contributed by atoms with Gasteiger partial charge in [0, 0.05) is 22.6 Å². The number of allylic oxidation sites excluding steroid dienone is 3. The van der Waals surface area contributed by atoms with E-state index < -0.39 is 0 Å². The van der Waals surface area contributed by atoms with Gasteiger partial charge in [-0.15, -0.1) is 0 Å². The molecule has 1 atom stereocenters. The fourth-order valence-corrected chi connectivity index (χ4v) is 9.76. The molecule has 2 aliphatic carbocycles. The van der Waals surface area contributed by atoms with Crippen LogP contribution in [0.15, 0.2) is 174 Å². The SMILES string of the molecule is CC1(C)c2cc3c(cc2-c2ccc4ccccc4c21)-c1ccccc1CCC3c1cccc(C2=N/C(c3ccccc3)=C(C#N)\C(c3ccccc3)=C/CC2)c1. The first-order valence-electron chi connectivity index (χ1n) is 19.9. The first kappa shape index (κ1) is 34.0. The Morgan fingerprint density at radius 1 is 0.625 bits per heavy atom. The average molecular weight is 719 g/mol. The van der Waals surface area contributed by atoms with Crippen LogP contribution in [0.3, 0.4) is 0 Å². The van der Waals surface area contributed by atoms with Crippen LogP contribution in [0, 0.1) is 11.3 Å². The van der Waals surface area contributed by atoms with Crippen molar-refractivity contribution in [1.29, 1.82) is 5.26 Å². The van der Waals surface area contributed by atoms with Crippen LogP contribution in [0.1, 0.15) is 83.5 Å². The third-order valence-corrected chi connectivity index (χ3v) is 12.4. The van der Waals surface area contributed by atoms with Crippen LogP contribution in [0.5, 0.6) is 0 Å². The Morgan fingerprint density at radius 2 is 1.36 bits per heavy atom. The lowest BCUT2D eigenvalue weighted by Gasteiger charge is -2.26. The molecule has 1 unspecified atom stereocenters. The summed E-state index contributed by atoms with van der Waals surface area (Å²) < 4.78 is 0. The van der Waals surface area contributed by atoms with E-state index in [0.29, 0.717) is 5.57 Å². The Kier molecular flexibility index (Phi) is 8.27. The van der Waals surface area contributed by atoms with Crippen LogP contribution < -0.4 is 0 Å². The summed E-state index contributed by atoms with van der Waals surface area (Å²) in [6.07, 6.45) is 5.83. The normalized spacial score (nSPS) is 19.1. The summed E-state index contributed by atoms with van der Waals surface area (Å²) in [5.41, 5.74) is 18.6. The minimum absolute atomic E-state index is 0.142. The molecule has 7 aromatic carbocycles. The van der Waals surface area contributed by atoms with E-state index >= 15 is 0 Å². The van der Waals surface area contributed by atoms with Crippen LogP contribution in [0.2, 0.25) is 0 Å². The third-order valence-electron chi connectivity index (χ3n) is 12.4. The van der Waals surface area contributed by atoms with E-state index in [4.69, 9.17) is 4.99 Å². The molecule has 0 saturated carbocycles. The molecule has 0 fully saturated rings. The van der Waals surface area contributed by atoms with E-state index in [-0.39, 0.29) is 11.3 Å². The highest BCUT2D eigenvalue weighted by molar-refractivity contribution is 6.06. The van der Waals surface area contributed by atoms with Gasteiger partial charge >= 0.3 is 0 Å². The number of aryl methyl sites for hydroxylation is 1. The second kappa shape index (κ2) is 13.6. The summed E-state index contributed by atoms with van der Waals surface area (Å²) in [6.45, 7) is 4.82. The molecule has 0 radical (unpaired) electrons. The maximum absolute atomic E-state index is 10.7. The molecule has 0 amide bonds. The largest absolute Gasteiger partial charge is 0.251 e. The zero-order chi connectivity index (χ0) is 37.8. The highest BCUT2D eigenvalue weighted by Gasteiger charge is 2.39. The van der Waals surface area contributed by atoms with E-state index in [9.17, 15) is 5.26 Å². The number of nitriles is 1. The molecule has 10 rings (SSSR count). The number of hydrogen-bond donors (Lipinski definition) is 0. The third kappa shape index (κ3) is 5.58. The second-order valence-corrected chi connectivity index (χ2v) is 16.0. The molecule has 0 saturated heterocycles. The molecule has 0 spiro atoms. The summed E-state index contributed by atoms with van der Waals surface area (Å²) in [6, 6.07) is 59.8. The number of hydrogen-bond acceptors (Lipinski definition) is 2. The van der Waals surface area contributed by atoms with Gasteiger partial charge in [0.05, 0.1) is 11.3 Å². The van der Waals surface area contributed by atoms with E-state index in [2.05, 4.69) is 147 Å². The van der Waals surface area contributed by atoms with Crippen LogP contribution >= 0.6 is 0 Å². The fourth-order valence-electron chi connectivity index (χ4n) is 9.76. The first-order valence-corrected chi connectivity index (χ1v) is 19.9. The van der Waals surface area contributed by atoms with Crippen LogP contribution in [0.25, 0.3) is 44.3 Å². The minimum Gasteiger partial charge on any atom is -0.251 e. The molecule has 1 aliphatic heterocycles. The van der Waals surface area contributed by atoms with Gasteiger partial charge in [-0.25, -0.2) is 0 Å². The number of rotatable bonds is 4. The first-order chi connectivity index (χ1) is 27.5. The number of benzene rings is 7. The monoisotopic (exact) mass is 718 g/mol. The summed E-state index contributed by atoms with van der Waals surface area (Å²) in [7, 11) is 0. The molecule has 2 nitrogen and oxygen atoms in total. The predicted octanol–water partition coefficient (Wildman–Crippen LogP) is 13.5. The van der Waals surface area contributed by atoms with E-state index in [1.165, 1.54) is 60.8 Å². The number of nitrogens with zero attached hydrogens (tertiary/aromatic N) is 2. The Bertz CT molecular complexity index is 2830. The molecule has 1 heterocycles. The average Bonchev–Trinajstić information content (AvgIpc) is 3.35. The van der Waals surface area contributed by atoms with Crippen LogP contribution in [-0.2, 0) is 11.8 Å². The van der Waals surface area contributed by atoms with E-state index in [0.717, 1.165) is 59.4 Å². The molecule has 0 N–H and O–H groups in total. The van der Waals surface area contributed by atoms with Crippen LogP contribution in [-0.4, -0.2) is 5.71 Å². The Morgan fingerprint density at radius 3 is 2.18 bits per heavy atom. The quantitative estimate of drug-likeness (QED) is 0.178. The maximum Gasteiger partial charge on any atom is 0.102 e. The summed E-state index contributed by atoms with van der Waals surface area (Å²) in [5, 5.41) is 13.4. The summed E-state index contributed by atoms with van der Waals surface area (Å²) >= 11 is 0. The lowest BCUT2D eigenvalue weighted by molar-refractivity contribution is 0.661. The van der Waals surface area contributed by atoms with Gasteiger partial charge in [-0.3, -0.25) is 4.99 Å². The molecule has 3 aliphatic rings. The van der Waals surface area contributed by atoms with Gasteiger partial charge < -0.3 is 0 Å². The van der Waals surface area contributed by atoms with E-state index in [1.54, 1.807) is 0 Å². The highest BCUT2D eigenvalue weighted by atomic mass is 14.8. The van der Waals surface area contributed by atoms with Crippen molar-refractivity contribution in [2.45, 2.75) is 50.9 Å². The molecule has 7 aromatic rings. The van der Waals surface area contributed by atoms with Gasteiger partial charge in [-0.1, -0.05) is 166 Å². The van der Waals surface area contributed by atoms with Gasteiger partial charge in [-0.05, 0) is 115 Å². The predicted molar refractivity (Wildman–Crippen MR) is 233 cm³/mol. The zero-order valence-corrected chi connectivity index (χ0v) is 31.9. The van der Waals surface area contributed by atoms with Gasteiger partial charge in [-0.2, -0.15) is 5.26 Å². The Labute approximate surface area is 329 Å². The number of aliphatic imine (C=N–C) groups is 1. The van der Waals surface area contributed by atoms with Crippen molar-refractivity contribution in [2.24, 2.45) is 4.99 Å². The van der Waals surface area contributed by atoms with Crippen LogP contribution in [0.4, 0.5) is 0 Å².